The van der Waals surface area contributed by atoms with Crippen LogP contribution in [0.25, 0.3) is 11.6 Å². The number of aryl methyl sites for hydroxylation is 2. The Morgan fingerprint density at radius 1 is 1.39 bits per heavy atom. The van der Waals surface area contributed by atoms with Crippen LogP contribution < -0.4 is 0 Å². The number of rotatable bonds is 2. The van der Waals surface area contributed by atoms with Gasteiger partial charge in [-0.05, 0) is 43.2 Å². The number of thiazole rings is 1. The Kier molecular flexibility index (Phi) is 3.26. The van der Waals surface area contributed by atoms with Crippen LogP contribution in [0.3, 0.4) is 0 Å². The van der Waals surface area contributed by atoms with Crippen molar-refractivity contribution in [2.24, 2.45) is 0 Å². The first kappa shape index (κ1) is 11.6. The molecule has 0 bridgehead atoms. The predicted molar refractivity (Wildman–Crippen MR) is 76.6 cm³/mol. The molecule has 2 heterocycles. The minimum absolute atomic E-state index is 0.692. The molecule has 0 aliphatic heterocycles. The molecule has 0 aromatic carbocycles. The summed E-state index contributed by atoms with van der Waals surface area (Å²) in [6, 6.07) is 6.30. The molecule has 0 atom stereocenters. The average Bonchev–Trinajstić information content (AvgIpc) is 3.04. The van der Waals surface area contributed by atoms with Gasteiger partial charge >= 0.3 is 0 Å². The first-order chi connectivity index (χ1) is 8.86. The molecule has 90 valence electrons. The Balaban J connectivity index is 1.97. The maximum atomic E-state index is 9.29. The lowest BCUT2D eigenvalue weighted by Gasteiger charge is -2.06. The van der Waals surface area contributed by atoms with Crippen molar-refractivity contribution in [1.29, 1.82) is 5.26 Å². The second-order valence-corrected chi connectivity index (χ2v) is 6.34. The minimum Gasteiger partial charge on any atom is -0.240 e. The van der Waals surface area contributed by atoms with E-state index in [2.05, 4.69) is 11.1 Å². The van der Waals surface area contributed by atoms with E-state index in [9.17, 15) is 5.26 Å². The molecule has 1 aliphatic carbocycles. The van der Waals surface area contributed by atoms with E-state index in [-0.39, 0.29) is 0 Å². The summed E-state index contributed by atoms with van der Waals surface area (Å²) in [5.74, 6) is 0. The third-order valence-electron chi connectivity index (χ3n) is 3.03. The van der Waals surface area contributed by atoms with Gasteiger partial charge in [-0.1, -0.05) is 6.07 Å². The van der Waals surface area contributed by atoms with Gasteiger partial charge in [-0.3, -0.25) is 0 Å². The molecule has 2 aromatic heterocycles. The van der Waals surface area contributed by atoms with Gasteiger partial charge in [0, 0.05) is 9.75 Å². The quantitative estimate of drug-likeness (QED) is 0.770. The number of fused-ring (bicyclic) bond motifs is 1. The van der Waals surface area contributed by atoms with Crippen LogP contribution in [0.4, 0.5) is 0 Å². The number of hydrogen-bond acceptors (Lipinski definition) is 4. The molecule has 2 nitrogen and oxygen atoms in total. The summed E-state index contributed by atoms with van der Waals surface area (Å²) >= 11 is 3.34. The molecule has 1 aliphatic rings. The number of nitrogens with zero attached hydrogens (tertiary/aromatic N) is 2. The topological polar surface area (TPSA) is 36.7 Å². The Morgan fingerprint density at radius 2 is 2.28 bits per heavy atom. The van der Waals surface area contributed by atoms with Crippen molar-refractivity contribution in [3.8, 4) is 6.07 Å². The average molecular weight is 272 g/mol. The first-order valence-electron chi connectivity index (χ1n) is 6.01. The summed E-state index contributed by atoms with van der Waals surface area (Å²) in [6.45, 7) is 0. The highest BCUT2D eigenvalue weighted by Crippen LogP contribution is 2.31. The SMILES string of the molecule is N#C/C(=C\c1cccs1)c1nc2c(s1)CCCC2. The van der Waals surface area contributed by atoms with Crippen LogP contribution in [-0.4, -0.2) is 4.98 Å². The van der Waals surface area contributed by atoms with Crippen LogP contribution in [0.1, 0.15) is 33.3 Å². The number of aromatic nitrogens is 1. The fourth-order valence-electron chi connectivity index (χ4n) is 2.12. The Labute approximate surface area is 114 Å². The van der Waals surface area contributed by atoms with Crippen LogP contribution in [0.2, 0.25) is 0 Å². The molecule has 18 heavy (non-hydrogen) atoms. The second-order valence-electron chi connectivity index (χ2n) is 4.28. The molecule has 0 radical (unpaired) electrons. The number of nitriles is 1. The zero-order valence-electron chi connectivity index (χ0n) is 9.85. The van der Waals surface area contributed by atoms with E-state index in [4.69, 9.17) is 0 Å². The normalized spacial score (nSPS) is 15.2. The zero-order valence-corrected chi connectivity index (χ0v) is 11.5. The highest BCUT2D eigenvalue weighted by atomic mass is 32.1. The summed E-state index contributed by atoms with van der Waals surface area (Å²) in [6.07, 6.45) is 6.63. The van der Waals surface area contributed by atoms with Crippen LogP contribution in [0.15, 0.2) is 17.5 Å². The molecule has 0 saturated heterocycles. The monoisotopic (exact) mass is 272 g/mol. The van der Waals surface area contributed by atoms with E-state index in [1.54, 1.807) is 22.7 Å². The minimum atomic E-state index is 0.692. The fourth-order valence-corrected chi connectivity index (χ4v) is 3.90. The van der Waals surface area contributed by atoms with Gasteiger partial charge in [0.2, 0.25) is 0 Å². The van der Waals surface area contributed by atoms with E-state index < -0.39 is 0 Å². The van der Waals surface area contributed by atoms with Crippen molar-refractivity contribution in [1.82, 2.24) is 4.98 Å². The summed E-state index contributed by atoms with van der Waals surface area (Å²) in [5, 5.41) is 12.2. The third-order valence-corrected chi connectivity index (χ3v) is 5.04. The highest BCUT2D eigenvalue weighted by molar-refractivity contribution is 7.13. The van der Waals surface area contributed by atoms with Crippen LogP contribution >= 0.6 is 22.7 Å². The lowest BCUT2D eigenvalue weighted by Crippen LogP contribution is -1.99. The Bertz CT molecular complexity index is 591. The fraction of sp³-hybridized carbons (Fsp3) is 0.286. The van der Waals surface area contributed by atoms with Gasteiger partial charge in [0.1, 0.15) is 11.1 Å². The predicted octanol–water partition coefficient (Wildman–Crippen LogP) is 4.15. The lowest BCUT2D eigenvalue weighted by molar-refractivity contribution is 0.682. The van der Waals surface area contributed by atoms with Crippen LogP contribution in [0, 0.1) is 11.3 Å². The number of allylic oxidation sites excluding steroid dienone is 1. The smallest absolute Gasteiger partial charge is 0.134 e. The van der Waals surface area contributed by atoms with Crippen molar-refractivity contribution in [2.75, 3.05) is 0 Å². The Hall–Kier alpha value is -1.44. The van der Waals surface area contributed by atoms with Crippen molar-refractivity contribution in [3.05, 3.63) is 38.0 Å². The molecule has 3 rings (SSSR count). The molecule has 0 unspecified atom stereocenters. The molecular formula is C14H12N2S2. The molecule has 0 amide bonds. The summed E-state index contributed by atoms with van der Waals surface area (Å²) in [7, 11) is 0. The molecule has 0 spiro atoms. The van der Waals surface area contributed by atoms with Crippen molar-refractivity contribution >= 4 is 34.3 Å². The maximum Gasteiger partial charge on any atom is 0.134 e. The molecule has 0 fully saturated rings. The van der Waals surface area contributed by atoms with E-state index in [1.165, 1.54) is 23.4 Å². The first-order valence-corrected chi connectivity index (χ1v) is 7.70. The van der Waals surface area contributed by atoms with E-state index in [1.807, 2.05) is 23.6 Å². The van der Waals surface area contributed by atoms with E-state index in [0.717, 1.165) is 22.7 Å². The van der Waals surface area contributed by atoms with Crippen molar-refractivity contribution in [3.63, 3.8) is 0 Å². The standard InChI is InChI=1S/C14H12N2S2/c15-9-10(8-11-4-3-7-17-11)14-16-12-5-1-2-6-13(12)18-14/h3-4,7-8H,1-2,5-6H2/b10-8+. The van der Waals surface area contributed by atoms with Gasteiger partial charge in [-0.2, -0.15) is 5.26 Å². The van der Waals surface area contributed by atoms with Crippen molar-refractivity contribution < 1.29 is 0 Å². The Morgan fingerprint density at radius 3 is 3.00 bits per heavy atom. The van der Waals surface area contributed by atoms with Crippen molar-refractivity contribution in [2.45, 2.75) is 25.7 Å². The summed E-state index contributed by atoms with van der Waals surface area (Å²) in [5.41, 5.74) is 1.91. The van der Waals surface area contributed by atoms with Gasteiger partial charge in [-0.25, -0.2) is 4.98 Å². The molecule has 0 saturated carbocycles. The number of thiophene rings is 1. The van der Waals surface area contributed by atoms with Gasteiger partial charge < -0.3 is 0 Å². The third kappa shape index (κ3) is 2.24. The lowest BCUT2D eigenvalue weighted by atomic mass is 10.0. The molecular weight excluding hydrogens is 260 g/mol. The second kappa shape index (κ2) is 5.05. The van der Waals surface area contributed by atoms with E-state index in [0.29, 0.717) is 5.57 Å². The zero-order chi connectivity index (χ0) is 12.4. The molecule has 0 N–H and O–H groups in total. The summed E-state index contributed by atoms with van der Waals surface area (Å²) in [4.78, 5) is 7.12. The number of hydrogen-bond donors (Lipinski definition) is 0. The van der Waals surface area contributed by atoms with Gasteiger partial charge in [0.25, 0.3) is 0 Å². The maximum absolute atomic E-state index is 9.29. The molecule has 4 heteroatoms. The largest absolute Gasteiger partial charge is 0.240 e. The highest BCUT2D eigenvalue weighted by Gasteiger charge is 2.17. The van der Waals surface area contributed by atoms with Crippen LogP contribution in [0.5, 0.6) is 0 Å². The van der Waals surface area contributed by atoms with Gasteiger partial charge in [-0.15, -0.1) is 22.7 Å². The van der Waals surface area contributed by atoms with Gasteiger partial charge in [0.15, 0.2) is 0 Å². The van der Waals surface area contributed by atoms with Gasteiger partial charge in [0.05, 0.1) is 11.3 Å². The molecule has 2 aromatic rings. The van der Waals surface area contributed by atoms with E-state index >= 15 is 0 Å². The van der Waals surface area contributed by atoms with Crippen LogP contribution in [-0.2, 0) is 12.8 Å². The summed E-state index contributed by atoms with van der Waals surface area (Å²) < 4.78 is 0.